The summed E-state index contributed by atoms with van der Waals surface area (Å²) in [6.45, 7) is 1.61. The van der Waals surface area contributed by atoms with Crippen LogP contribution in [0.3, 0.4) is 0 Å². The molecule has 0 aliphatic carbocycles. The molecule has 0 aliphatic heterocycles. The van der Waals surface area contributed by atoms with Gasteiger partial charge in [0.2, 0.25) is 0 Å². The van der Waals surface area contributed by atoms with Crippen LogP contribution in [0.15, 0.2) is 22.1 Å². The summed E-state index contributed by atoms with van der Waals surface area (Å²) in [4.78, 5) is 9.61. The first kappa shape index (κ1) is 9.47. The van der Waals surface area contributed by atoms with Gasteiger partial charge >= 0.3 is 5.88 Å². The van der Waals surface area contributed by atoms with Gasteiger partial charge in [0.25, 0.3) is 0 Å². The minimum absolute atomic E-state index is 0.0888. The third kappa shape index (κ3) is 2.41. The summed E-state index contributed by atoms with van der Waals surface area (Å²) in [6.07, 6.45) is 1.55. The fraction of sp³-hybridized carbons (Fsp3) is 0.250. The molecule has 0 fully saturated rings. The van der Waals surface area contributed by atoms with E-state index in [2.05, 4.69) is 0 Å². The molecule has 0 bridgehead atoms. The van der Waals surface area contributed by atoms with E-state index < -0.39 is 4.92 Å². The smallest absolute Gasteiger partial charge is 0.401 e. The summed E-state index contributed by atoms with van der Waals surface area (Å²) in [5, 5.41) is 18.9. The second-order valence-corrected chi connectivity index (χ2v) is 2.58. The average Bonchev–Trinajstić information content (AvgIpc) is 2.52. The van der Waals surface area contributed by atoms with Gasteiger partial charge in [0.15, 0.2) is 0 Å². The molecular weight excluding hydrogens is 174 g/mol. The quantitative estimate of drug-likeness (QED) is 0.570. The topological polar surface area (TPSA) is 76.5 Å². The average molecular weight is 183 g/mol. The van der Waals surface area contributed by atoms with E-state index in [1.807, 2.05) is 0 Å². The molecule has 0 saturated carbocycles. The summed E-state index contributed by atoms with van der Waals surface area (Å²) in [6, 6.07) is 2.76. The van der Waals surface area contributed by atoms with Crippen molar-refractivity contribution in [1.29, 1.82) is 0 Å². The van der Waals surface area contributed by atoms with Crippen LogP contribution in [0, 0.1) is 10.1 Å². The van der Waals surface area contributed by atoms with Crippen molar-refractivity contribution in [3.63, 3.8) is 0 Å². The van der Waals surface area contributed by atoms with Crippen LogP contribution in [-0.2, 0) is 0 Å². The maximum atomic E-state index is 10.2. The predicted octanol–water partition coefficient (Wildman–Crippen LogP) is 1.58. The van der Waals surface area contributed by atoms with Crippen LogP contribution in [0.5, 0.6) is 0 Å². The van der Waals surface area contributed by atoms with Crippen molar-refractivity contribution in [3.8, 4) is 0 Å². The van der Waals surface area contributed by atoms with Crippen molar-refractivity contribution in [2.24, 2.45) is 0 Å². The second kappa shape index (κ2) is 3.86. The zero-order chi connectivity index (χ0) is 9.84. The SMILES string of the molecule is CC(=Cc1ccc([N+](=O)[O-])o1)CO. The van der Waals surface area contributed by atoms with Gasteiger partial charge in [-0.1, -0.05) is 0 Å². The van der Waals surface area contributed by atoms with Gasteiger partial charge in [-0.2, -0.15) is 0 Å². The van der Waals surface area contributed by atoms with Crippen molar-refractivity contribution >= 4 is 12.0 Å². The van der Waals surface area contributed by atoms with Gasteiger partial charge in [-0.15, -0.1) is 0 Å². The Kier molecular flexibility index (Phi) is 2.81. The second-order valence-electron chi connectivity index (χ2n) is 2.58. The van der Waals surface area contributed by atoms with E-state index in [0.29, 0.717) is 11.3 Å². The number of nitro groups is 1. The van der Waals surface area contributed by atoms with Crippen LogP contribution in [0.2, 0.25) is 0 Å². The highest BCUT2D eigenvalue weighted by molar-refractivity contribution is 5.48. The van der Waals surface area contributed by atoms with Gasteiger partial charge in [-0.05, 0) is 24.6 Å². The molecule has 0 aromatic carbocycles. The number of hydrogen-bond acceptors (Lipinski definition) is 4. The molecule has 0 saturated heterocycles. The lowest BCUT2D eigenvalue weighted by Gasteiger charge is -1.90. The van der Waals surface area contributed by atoms with Crippen LogP contribution in [-0.4, -0.2) is 16.6 Å². The number of aliphatic hydroxyl groups excluding tert-OH is 1. The molecule has 5 nitrogen and oxygen atoms in total. The van der Waals surface area contributed by atoms with E-state index in [1.54, 1.807) is 13.0 Å². The van der Waals surface area contributed by atoms with Crippen LogP contribution < -0.4 is 0 Å². The molecular formula is C8H9NO4. The molecule has 13 heavy (non-hydrogen) atoms. The number of hydrogen-bond donors (Lipinski definition) is 1. The van der Waals surface area contributed by atoms with Crippen LogP contribution in [0.25, 0.3) is 6.08 Å². The van der Waals surface area contributed by atoms with Crippen molar-refractivity contribution in [3.05, 3.63) is 33.6 Å². The molecule has 5 heteroatoms. The van der Waals surface area contributed by atoms with Crippen molar-refractivity contribution in [2.45, 2.75) is 6.92 Å². The standard InChI is InChI=1S/C8H9NO4/c1-6(5-10)4-7-2-3-8(13-7)9(11)12/h2-4,10H,5H2,1H3. The van der Waals surface area contributed by atoms with Gasteiger partial charge in [0, 0.05) is 0 Å². The summed E-state index contributed by atoms with van der Waals surface area (Å²) < 4.78 is 4.83. The largest absolute Gasteiger partial charge is 0.433 e. The molecule has 0 spiro atoms. The first-order valence-corrected chi connectivity index (χ1v) is 3.65. The lowest BCUT2D eigenvalue weighted by atomic mass is 10.3. The normalized spacial score (nSPS) is 11.7. The fourth-order valence-corrected chi connectivity index (χ4v) is 0.806. The van der Waals surface area contributed by atoms with E-state index in [-0.39, 0.29) is 12.5 Å². The van der Waals surface area contributed by atoms with Crippen molar-refractivity contribution in [1.82, 2.24) is 0 Å². The van der Waals surface area contributed by atoms with Crippen molar-refractivity contribution in [2.75, 3.05) is 6.61 Å². The summed E-state index contributed by atoms with van der Waals surface area (Å²) in [5.74, 6) is 0.0789. The zero-order valence-electron chi connectivity index (χ0n) is 7.06. The Morgan fingerprint density at radius 3 is 2.92 bits per heavy atom. The van der Waals surface area contributed by atoms with Gasteiger partial charge in [-0.3, -0.25) is 10.1 Å². The lowest BCUT2D eigenvalue weighted by molar-refractivity contribution is -0.402. The molecule has 0 unspecified atom stereocenters. The molecule has 1 N–H and O–H groups in total. The maximum Gasteiger partial charge on any atom is 0.433 e. The fourth-order valence-electron chi connectivity index (χ4n) is 0.806. The first-order valence-electron chi connectivity index (χ1n) is 3.65. The number of rotatable bonds is 3. The molecule has 1 rings (SSSR count). The number of aliphatic hydroxyl groups is 1. The van der Waals surface area contributed by atoms with Crippen LogP contribution in [0.1, 0.15) is 12.7 Å². The Bertz CT molecular complexity index is 340. The zero-order valence-corrected chi connectivity index (χ0v) is 7.06. The Hall–Kier alpha value is -1.62. The Balaban J connectivity index is 2.86. The Labute approximate surface area is 74.4 Å². The number of furan rings is 1. The maximum absolute atomic E-state index is 10.2. The molecule has 0 aliphatic rings. The summed E-state index contributed by atoms with van der Waals surface area (Å²) >= 11 is 0. The summed E-state index contributed by atoms with van der Waals surface area (Å²) in [5.41, 5.74) is 0.684. The van der Waals surface area contributed by atoms with Crippen LogP contribution in [0.4, 0.5) is 5.88 Å². The minimum atomic E-state index is -0.606. The Morgan fingerprint density at radius 2 is 2.46 bits per heavy atom. The molecule has 1 aromatic rings. The van der Waals surface area contributed by atoms with Gasteiger partial charge in [-0.25, -0.2) is 0 Å². The molecule has 1 heterocycles. The highest BCUT2D eigenvalue weighted by Crippen LogP contribution is 2.17. The molecule has 0 radical (unpaired) electrons. The highest BCUT2D eigenvalue weighted by atomic mass is 16.6. The predicted molar refractivity (Wildman–Crippen MR) is 46.1 cm³/mol. The van der Waals surface area contributed by atoms with E-state index in [0.717, 1.165) is 0 Å². The van der Waals surface area contributed by atoms with Gasteiger partial charge in [0.05, 0.1) is 12.7 Å². The third-order valence-electron chi connectivity index (χ3n) is 1.43. The van der Waals surface area contributed by atoms with E-state index in [1.165, 1.54) is 12.1 Å². The highest BCUT2D eigenvalue weighted by Gasteiger charge is 2.09. The van der Waals surface area contributed by atoms with Gasteiger partial charge < -0.3 is 9.52 Å². The first-order chi connectivity index (χ1) is 6.13. The Morgan fingerprint density at radius 1 is 1.77 bits per heavy atom. The molecule has 70 valence electrons. The van der Waals surface area contributed by atoms with E-state index >= 15 is 0 Å². The van der Waals surface area contributed by atoms with E-state index in [4.69, 9.17) is 9.52 Å². The van der Waals surface area contributed by atoms with Crippen molar-refractivity contribution < 1.29 is 14.4 Å². The lowest BCUT2D eigenvalue weighted by Crippen LogP contribution is -1.83. The monoisotopic (exact) mass is 183 g/mol. The minimum Gasteiger partial charge on any atom is -0.401 e. The molecule has 1 aromatic heterocycles. The van der Waals surface area contributed by atoms with Crippen LogP contribution >= 0.6 is 0 Å². The third-order valence-corrected chi connectivity index (χ3v) is 1.43. The van der Waals surface area contributed by atoms with E-state index in [9.17, 15) is 10.1 Å². The molecule has 0 amide bonds. The van der Waals surface area contributed by atoms with Gasteiger partial charge in [0.1, 0.15) is 10.7 Å². The molecule has 0 atom stereocenters. The summed E-state index contributed by atoms with van der Waals surface area (Å²) in [7, 11) is 0. The number of nitrogens with zero attached hydrogens (tertiary/aromatic N) is 1.